The fraction of sp³-hybridized carbons (Fsp3) is 0.368. The highest BCUT2D eigenvalue weighted by Crippen LogP contribution is 2.32. The number of hydrogen-bond acceptors (Lipinski definition) is 5. The number of amides is 1. The molecule has 3 heterocycles. The molecule has 0 spiro atoms. The second-order valence-corrected chi connectivity index (χ2v) is 7.94. The van der Waals surface area contributed by atoms with Crippen LogP contribution in [0.2, 0.25) is 0 Å². The summed E-state index contributed by atoms with van der Waals surface area (Å²) in [7, 11) is 1.79. The Kier molecular flexibility index (Phi) is 4.22. The van der Waals surface area contributed by atoms with Gasteiger partial charge in [0.15, 0.2) is 5.65 Å². The topological polar surface area (TPSA) is 97.1 Å². The third-order valence-corrected chi connectivity index (χ3v) is 6.10. The monoisotopic (exact) mass is 384 g/mol. The third kappa shape index (κ3) is 2.90. The molecule has 2 N–H and O–H groups in total. The number of nitrogens with zero attached hydrogens (tertiary/aromatic N) is 3. The van der Waals surface area contributed by atoms with Crippen molar-refractivity contribution in [2.75, 3.05) is 0 Å². The van der Waals surface area contributed by atoms with E-state index in [4.69, 9.17) is 0 Å². The van der Waals surface area contributed by atoms with Crippen molar-refractivity contribution in [2.45, 2.75) is 38.1 Å². The number of pyridine rings is 1. The van der Waals surface area contributed by atoms with Crippen LogP contribution >= 0.6 is 11.3 Å². The largest absolute Gasteiger partial charge is 0.480 e. The lowest BCUT2D eigenvalue weighted by atomic mass is 9.96. The number of aromatic nitrogens is 3. The Labute approximate surface area is 160 Å². The molecular formula is C19H20N4O3S. The second kappa shape index (κ2) is 6.45. The summed E-state index contributed by atoms with van der Waals surface area (Å²) in [6.45, 7) is 1.83. The molecule has 0 unspecified atom stereocenters. The van der Waals surface area contributed by atoms with Gasteiger partial charge in [-0.15, -0.1) is 11.3 Å². The molecule has 0 radical (unpaired) electrons. The van der Waals surface area contributed by atoms with E-state index < -0.39 is 11.5 Å². The normalized spacial score (nSPS) is 15.9. The number of aryl methyl sites for hydroxylation is 2. The molecule has 0 atom stereocenters. The predicted octanol–water partition coefficient (Wildman–Crippen LogP) is 3.13. The summed E-state index contributed by atoms with van der Waals surface area (Å²) in [5.74, 6) is -1.36. The highest BCUT2D eigenvalue weighted by molar-refractivity contribution is 7.13. The first-order valence-electron chi connectivity index (χ1n) is 8.85. The lowest BCUT2D eigenvalue weighted by Crippen LogP contribution is -2.52. The number of carboxylic acids is 1. The van der Waals surface area contributed by atoms with E-state index in [1.165, 1.54) is 11.3 Å². The van der Waals surface area contributed by atoms with Crippen LogP contribution in [0.4, 0.5) is 0 Å². The smallest absolute Gasteiger partial charge is 0.329 e. The van der Waals surface area contributed by atoms with Crippen molar-refractivity contribution in [3.05, 3.63) is 34.8 Å². The molecule has 1 aliphatic carbocycles. The van der Waals surface area contributed by atoms with Crippen LogP contribution in [0.3, 0.4) is 0 Å². The lowest BCUT2D eigenvalue weighted by Gasteiger charge is -2.25. The molecule has 140 valence electrons. The zero-order valence-electron chi connectivity index (χ0n) is 15.2. The zero-order chi connectivity index (χ0) is 19.2. The summed E-state index contributed by atoms with van der Waals surface area (Å²) >= 11 is 1.54. The number of fused-ring (bicyclic) bond motifs is 1. The Morgan fingerprint density at radius 1 is 1.33 bits per heavy atom. The molecule has 0 bridgehead atoms. The van der Waals surface area contributed by atoms with Crippen LogP contribution < -0.4 is 5.32 Å². The molecule has 1 saturated carbocycles. The Balaban J connectivity index is 1.84. The number of carbonyl (C=O) groups excluding carboxylic acids is 1. The van der Waals surface area contributed by atoms with E-state index in [-0.39, 0.29) is 5.91 Å². The summed E-state index contributed by atoms with van der Waals surface area (Å²) in [4.78, 5) is 30.6. The van der Waals surface area contributed by atoms with Crippen LogP contribution in [-0.2, 0) is 11.8 Å². The Morgan fingerprint density at radius 2 is 2.07 bits per heavy atom. The van der Waals surface area contributed by atoms with Gasteiger partial charge in [0.25, 0.3) is 5.91 Å². The first kappa shape index (κ1) is 17.7. The fourth-order valence-electron chi connectivity index (χ4n) is 3.83. The number of rotatable bonds is 4. The highest BCUT2D eigenvalue weighted by Gasteiger charge is 2.43. The minimum absolute atomic E-state index is 0.388. The molecule has 0 saturated heterocycles. The number of nitrogens with one attached hydrogen (secondary N) is 1. The minimum Gasteiger partial charge on any atom is -0.480 e. The molecule has 3 aromatic rings. The van der Waals surface area contributed by atoms with Gasteiger partial charge in [0.2, 0.25) is 0 Å². The van der Waals surface area contributed by atoms with Crippen LogP contribution in [0.25, 0.3) is 21.6 Å². The van der Waals surface area contributed by atoms with Crippen LogP contribution in [0.5, 0.6) is 0 Å². The van der Waals surface area contributed by atoms with E-state index in [0.29, 0.717) is 40.8 Å². The van der Waals surface area contributed by atoms with E-state index in [1.54, 1.807) is 17.8 Å². The van der Waals surface area contributed by atoms with Crippen LogP contribution in [0.1, 0.15) is 41.7 Å². The van der Waals surface area contributed by atoms with Crippen molar-refractivity contribution >= 4 is 34.2 Å². The van der Waals surface area contributed by atoms with Gasteiger partial charge in [0.1, 0.15) is 5.54 Å². The zero-order valence-corrected chi connectivity index (χ0v) is 16.0. The van der Waals surface area contributed by atoms with E-state index >= 15 is 0 Å². The van der Waals surface area contributed by atoms with Gasteiger partial charge in [-0.1, -0.05) is 18.9 Å². The number of aliphatic carboxylic acids is 1. The van der Waals surface area contributed by atoms with Crippen LogP contribution in [0.15, 0.2) is 23.6 Å². The Bertz CT molecular complexity index is 1030. The number of carbonyl (C=O) groups is 2. The van der Waals surface area contributed by atoms with Gasteiger partial charge in [-0.3, -0.25) is 9.48 Å². The van der Waals surface area contributed by atoms with Crippen molar-refractivity contribution in [1.82, 2.24) is 20.1 Å². The molecule has 1 aliphatic rings. The van der Waals surface area contributed by atoms with Gasteiger partial charge < -0.3 is 10.4 Å². The van der Waals surface area contributed by atoms with Gasteiger partial charge in [-0.25, -0.2) is 9.78 Å². The van der Waals surface area contributed by atoms with E-state index in [0.717, 1.165) is 17.7 Å². The molecule has 0 aliphatic heterocycles. The number of thiophene rings is 1. The molecule has 8 heteroatoms. The number of carboxylic acid groups (broad SMARTS) is 1. The number of hydrogen-bond donors (Lipinski definition) is 2. The van der Waals surface area contributed by atoms with Gasteiger partial charge in [0.05, 0.1) is 27.2 Å². The molecule has 1 fully saturated rings. The molecule has 27 heavy (non-hydrogen) atoms. The van der Waals surface area contributed by atoms with Crippen LogP contribution in [-0.4, -0.2) is 37.3 Å². The van der Waals surface area contributed by atoms with Crippen molar-refractivity contribution < 1.29 is 14.7 Å². The van der Waals surface area contributed by atoms with Gasteiger partial charge in [-0.2, -0.15) is 5.10 Å². The molecular weight excluding hydrogens is 364 g/mol. The Morgan fingerprint density at radius 3 is 2.70 bits per heavy atom. The van der Waals surface area contributed by atoms with Crippen molar-refractivity contribution in [3.8, 4) is 10.6 Å². The second-order valence-electron chi connectivity index (χ2n) is 6.99. The fourth-order valence-corrected chi connectivity index (χ4v) is 4.52. The maximum atomic E-state index is 13.2. The van der Waals surface area contributed by atoms with Gasteiger partial charge in [-0.05, 0) is 37.3 Å². The van der Waals surface area contributed by atoms with Gasteiger partial charge >= 0.3 is 5.97 Å². The van der Waals surface area contributed by atoms with Gasteiger partial charge in [0, 0.05) is 7.05 Å². The average Bonchev–Trinajstić information content (AvgIpc) is 3.36. The first-order valence-corrected chi connectivity index (χ1v) is 9.73. The molecule has 7 nitrogen and oxygen atoms in total. The van der Waals surface area contributed by atoms with Crippen molar-refractivity contribution in [3.63, 3.8) is 0 Å². The minimum atomic E-state index is -1.19. The van der Waals surface area contributed by atoms with E-state index in [1.807, 2.05) is 24.4 Å². The highest BCUT2D eigenvalue weighted by atomic mass is 32.1. The first-order chi connectivity index (χ1) is 12.9. The quantitative estimate of drug-likeness (QED) is 0.720. The van der Waals surface area contributed by atoms with E-state index in [2.05, 4.69) is 15.4 Å². The molecule has 0 aromatic carbocycles. The maximum absolute atomic E-state index is 13.2. The summed E-state index contributed by atoms with van der Waals surface area (Å²) in [5, 5.41) is 19.5. The SMILES string of the molecule is Cc1nn(C)c2nc(-c3cccs3)cc(C(=O)NC3(C(=O)O)CCCC3)c12. The maximum Gasteiger partial charge on any atom is 0.329 e. The summed E-state index contributed by atoms with van der Waals surface area (Å²) < 4.78 is 1.65. The summed E-state index contributed by atoms with van der Waals surface area (Å²) in [6, 6.07) is 5.61. The lowest BCUT2D eigenvalue weighted by molar-refractivity contribution is -0.144. The summed E-state index contributed by atoms with van der Waals surface area (Å²) in [5.41, 5.74) is 1.22. The third-order valence-electron chi connectivity index (χ3n) is 5.21. The Hall–Kier alpha value is -2.74. The molecule has 4 rings (SSSR count). The van der Waals surface area contributed by atoms with Crippen molar-refractivity contribution in [1.29, 1.82) is 0 Å². The molecule has 3 aromatic heterocycles. The summed E-state index contributed by atoms with van der Waals surface area (Å²) in [6.07, 6.45) is 2.49. The average molecular weight is 384 g/mol. The van der Waals surface area contributed by atoms with Crippen LogP contribution in [0, 0.1) is 6.92 Å². The molecule has 1 amide bonds. The standard InChI is InChI=1S/C19H20N4O3S/c1-11-15-12(17(24)21-19(18(25)26)7-3-4-8-19)10-13(14-6-5-9-27-14)20-16(15)23(2)22-11/h5-6,9-10H,3-4,7-8H2,1-2H3,(H,21,24)(H,25,26). The van der Waals surface area contributed by atoms with Crippen molar-refractivity contribution in [2.24, 2.45) is 7.05 Å². The predicted molar refractivity (Wildman–Crippen MR) is 103 cm³/mol. The van der Waals surface area contributed by atoms with E-state index in [9.17, 15) is 14.7 Å².